The zero-order valence-electron chi connectivity index (χ0n) is 11.7. The van der Waals surface area contributed by atoms with Gasteiger partial charge in [0.2, 0.25) is 0 Å². The van der Waals surface area contributed by atoms with E-state index in [0.29, 0.717) is 17.1 Å². The molecule has 1 saturated carbocycles. The lowest BCUT2D eigenvalue weighted by molar-refractivity contribution is 0.111. The summed E-state index contributed by atoms with van der Waals surface area (Å²) in [5, 5.41) is 0. The molecule has 2 unspecified atom stereocenters. The Labute approximate surface area is 114 Å². The highest BCUT2D eigenvalue weighted by Gasteiger charge is 2.23. The van der Waals surface area contributed by atoms with Gasteiger partial charge < -0.3 is 9.47 Å². The van der Waals surface area contributed by atoms with Crippen LogP contribution in [0.3, 0.4) is 0 Å². The number of aldehydes is 1. The van der Waals surface area contributed by atoms with Crippen LogP contribution < -0.4 is 9.47 Å². The van der Waals surface area contributed by atoms with E-state index in [1.807, 2.05) is 0 Å². The second-order valence-electron chi connectivity index (χ2n) is 5.21. The van der Waals surface area contributed by atoms with Gasteiger partial charge >= 0.3 is 0 Å². The summed E-state index contributed by atoms with van der Waals surface area (Å²) in [4.78, 5) is 10.9. The predicted molar refractivity (Wildman–Crippen MR) is 75.0 cm³/mol. The van der Waals surface area contributed by atoms with Gasteiger partial charge in [0.05, 0.1) is 13.2 Å². The third kappa shape index (κ3) is 3.49. The monoisotopic (exact) mass is 262 g/mol. The van der Waals surface area contributed by atoms with Gasteiger partial charge in [-0.15, -0.1) is 0 Å². The van der Waals surface area contributed by atoms with E-state index in [1.54, 1.807) is 25.3 Å². The fourth-order valence-electron chi connectivity index (χ4n) is 2.76. The molecule has 0 aliphatic heterocycles. The Hall–Kier alpha value is -1.51. The highest BCUT2D eigenvalue weighted by atomic mass is 16.5. The first-order valence-electron chi connectivity index (χ1n) is 7.06. The van der Waals surface area contributed by atoms with Crippen LogP contribution in [-0.4, -0.2) is 19.5 Å². The van der Waals surface area contributed by atoms with E-state index in [9.17, 15) is 4.79 Å². The summed E-state index contributed by atoms with van der Waals surface area (Å²) in [5.41, 5.74) is 0.624. The standard InChI is InChI=1S/C16H22O3/c1-3-12-5-4-6-14(9-12)19-16-10-13(11-17)7-8-15(16)18-2/h7-8,10-12,14H,3-6,9H2,1-2H3. The van der Waals surface area contributed by atoms with Gasteiger partial charge in [0.25, 0.3) is 0 Å². The van der Waals surface area contributed by atoms with Gasteiger partial charge in [-0.05, 0) is 43.4 Å². The Balaban J connectivity index is 2.10. The lowest BCUT2D eigenvalue weighted by atomic mass is 9.85. The molecule has 0 aromatic heterocycles. The lowest BCUT2D eigenvalue weighted by Crippen LogP contribution is -2.25. The molecule has 0 bridgehead atoms. The van der Waals surface area contributed by atoms with Crippen molar-refractivity contribution < 1.29 is 14.3 Å². The van der Waals surface area contributed by atoms with E-state index in [-0.39, 0.29) is 6.10 Å². The summed E-state index contributed by atoms with van der Waals surface area (Å²) < 4.78 is 11.4. The van der Waals surface area contributed by atoms with Crippen LogP contribution in [0.2, 0.25) is 0 Å². The molecule has 1 aromatic rings. The lowest BCUT2D eigenvalue weighted by Gasteiger charge is -2.29. The van der Waals surface area contributed by atoms with Crippen LogP contribution in [-0.2, 0) is 0 Å². The summed E-state index contributed by atoms with van der Waals surface area (Å²) in [5.74, 6) is 2.15. The van der Waals surface area contributed by atoms with Gasteiger partial charge in [-0.1, -0.05) is 19.8 Å². The molecule has 1 aliphatic carbocycles. The average Bonchev–Trinajstić information content (AvgIpc) is 2.47. The van der Waals surface area contributed by atoms with Gasteiger partial charge in [-0.25, -0.2) is 0 Å². The Morgan fingerprint density at radius 3 is 2.84 bits per heavy atom. The average molecular weight is 262 g/mol. The first-order valence-corrected chi connectivity index (χ1v) is 7.06. The van der Waals surface area contributed by atoms with E-state index in [1.165, 1.54) is 19.3 Å². The van der Waals surface area contributed by atoms with Crippen LogP contribution in [0.1, 0.15) is 49.4 Å². The van der Waals surface area contributed by atoms with Crippen molar-refractivity contribution in [1.29, 1.82) is 0 Å². The molecule has 0 amide bonds. The second-order valence-corrected chi connectivity index (χ2v) is 5.21. The van der Waals surface area contributed by atoms with Crippen molar-refractivity contribution in [3.8, 4) is 11.5 Å². The summed E-state index contributed by atoms with van der Waals surface area (Å²) >= 11 is 0. The molecule has 0 spiro atoms. The number of rotatable bonds is 5. The Morgan fingerprint density at radius 2 is 2.16 bits per heavy atom. The third-order valence-electron chi connectivity index (χ3n) is 3.93. The molecule has 3 nitrogen and oxygen atoms in total. The minimum Gasteiger partial charge on any atom is -0.493 e. The number of ether oxygens (including phenoxy) is 2. The number of carbonyl (C=O) groups is 1. The fourth-order valence-corrected chi connectivity index (χ4v) is 2.76. The van der Waals surface area contributed by atoms with E-state index in [2.05, 4.69) is 6.92 Å². The van der Waals surface area contributed by atoms with Gasteiger partial charge in [-0.2, -0.15) is 0 Å². The van der Waals surface area contributed by atoms with Crippen LogP contribution in [0.5, 0.6) is 11.5 Å². The van der Waals surface area contributed by atoms with Crippen LogP contribution in [0.15, 0.2) is 18.2 Å². The van der Waals surface area contributed by atoms with Crippen molar-refractivity contribution in [1.82, 2.24) is 0 Å². The maximum Gasteiger partial charge on any atom is 0.162 e. The summed E-state index contributed by atoms with van der Waals surface area (Å²) in [6, 6.07) is 5.30. The highest BCUT2D eigenvalue weighted by Crippen LogP contribution is 2.34. The van der Waals surface area contributed by atoms with E-state index in [4.69, 9.17) is 9.47 Å². The predicted octanol–water partition coefficient (Wildman–Crippen LogP) is 3.86. The molecular weight excluding hydrogens is 240 g/mol. The number of hydrogen-bond acceptors (Lipinski definition) is 3. The van der Waals surface area contributed by atoms with Crippen molar-refractivity contribution in [2.45, 2.75) is 45.1 Å². The van der Waals surface area contributed by atoms with Gasteiger partial charge in [0.15, 0.2) is 11.5 Å². The number of hydrogen-bond donors (Lipinski definition) is 0. The smallest absolute Gasteiger partial charge is 0.162 e. The van der Waals surface area contributed by atoms with Crippen molar-refractivity contribution in [2.75, 3.05) is 7.11 Å². The number of benzene rings is 1. The second kappa shape index (κ2) is 6.60. The molecule has 19 heavy (non-hydrogen) atoms. The SMILES string of the molecule is CCC1CCCC(Oc2cc(C=O)ccc2OC)C1. The first kappa shape index (κ1) is 13.9. The molecule has 1 aromatic carbocycles. The minimum atomic E-state index is 0.245. The topological polar surface area (TPSA) is 35.5 Å². The first-order chi connectivity index (χ1) is 9.26. The number of carbonyl (C=O) groups excluding carboxylic acids is 1. The van der Waals surface area contributed by atoms with E-state index in [0.717, 1.165) is 25.0 Å². The molecule has 0 N–H and O–H groups in total. The molecule has 2 rings (SSSR count). The molecule has 2 atom stereocenters. The molecule has 1 fully saturated rings. The van der Waals surface area contributed by atoms with Crippen LogP contribution in [0, 0.1) is 5.92 Å². The number of methoxy groups -OCH3 is 1. The Morgan fingerprint density at radius 1 is 1.32 bits per heavy atom. The maximum atomic E-state index is 10.9. The fraction of sp³-hybridized carbons (Fsp3) is 0.562. The van der Waals surface area contributed by atoms with Crippen molar-refractivity contribution in [3.05, 3.63) is 23.8 Å². The minimum absolute atomic E-state index is 0.245. The largest absolute Gasteiger partial charge is 0.493 e. The van der Waals surface area contributed by atoms with E-state index < -0.39 is 0 Å². The van der Waals surface area contributed by atoms with Crippen molar-refractivity contribution in [2.24, 2.45) is 5.92 Å². The van der Waals surface area contributed by atoms with Gasteiger partial charge in [0, 0.05) is 5.56 Å². The summed E-state index contributed by atoms with van der Waals surface area (Å²) in [6.07, 6.45) is 7.01. The van der Waals surface area contributed by atoms with Crippen LogP contribution in [0.4, 0.5) is 0 Å². The molecular formula is C16H22O3. The third-order valence-corrected chi connectivity index (χ3v) is 3.93. The summed E-state index contributed by atoms with van der Waals surface area (Å²) in [6.45, 7) is 2.24. The van der Waals surface area contributed by atoms with Gasteiger partial charge in [0.1, 0.15) is 6.29 Å². The Bertz CT molecular complexity index is 428. The summed E-state index contributed by atoms with van der Waals surface area (Å²) in [7, 11) is 1.62. The molecule has 1 aliphatic rings. The normalized spacial score (nSPS) is 22.8. The molecule has 3 heteroatoms. The maximum absolute atomic E-state index is 10.9. The Kier molecular flexibility index (Phi) is 4.83. The van der Waals surface area contributed by atoms with Crippen molar-refractivity contribution in [3.63, 3.8) is 0 Å². The quantitative estimate of drug-likeness (QED) is 0.756. The zero-order valence-corrected chi connectivity index (χ0v) is 11.7. The zero-order chi connectivity index (χ0) is 13.7. The van der Waals surface area contributed by atoms with Crippen molar-refractivity contribution >= 4 is 6.29 Å². The van der Waals surface area contributed by atoms with E-state index >= 15 is 0 Å². The van der Waals surface area contributed by atoms with Crippen LogP contribution in [0.25, 0.3) is 0 Å². The molecule has 0 saturated heterocycles. The van der Waals surface area contributed by atoms with Crippen LogP contribution >= 0.6 is 0 Å². The molecule has 0 radical (unpaired) electrons. The molecule has 104 valence electrons. The molecule has 0 heterocycles. The van der Waals surface area contributed by atoms with Gasteiger partial charge in [-0.3, -0.25) is 4.79 Å². The highest BCUT2D eigenvalue weighted by molar-refractivity contribution is 5.76.